The van der Waals surface area contributed by atoms with Crippen molar-refractivity contribution in [3.8, 4) is 0 Å². The number of likely N-dealkylation sites (tertiary alicyclic amines) is 1. The molecule has 3 N–H and O–H groups in total. The van der Waals surface area contributed by atoms with Gasteiger partial charge in [0.15, 0.2) is 0 Å². The fraction of sp³-hybridized carbons (Fsp3) is 0.750. The molecule has 0 spiro atoms. The molecule has 2 unspecified atom stereocenters. The fourth-order valence-corrected chi connectivity index (χ4v) is 1.54. The summed E-state index contributed by atoms with van der Waals surface area (Å²) >= 11 is 0. The van der Waals surface area contributed by atoms with Crippen LogP contribution in [-0.4, -0.2) is 58.8 Å². The summed E-state index contributed by atoms with van der Waals surface area (Å²) in [5, 5.41) is 19.9. The molecule has 1 aliphatic rings. The highest BCUT2D eigenvalue weighted by atomic mass is 19.3. The fourth-order valence-electron chi connectivity index (χ4n) is 1.54. The van der Waals surface area contributed by atoms with Crippen LogP contribution in [0, 0.1) is 0 Å². The number of aliphatic hydroxyl groups is 1. The van der Waals surface area contributed by atoms with E-state index in [1.54, 1.807) is 0 Å². The monoisotopic (exact) mass is 238 g/mol. The van der Waals surface area contributed by atoms with Crippen LogP contribution in [0.1, 0.15) is 6.42 Å². The number of nitrogens with one attached hydrogen (secondary N) is 1. The van der Waals surface area contributed by atoms with Crippen LogP contribution < -0.4 is 5.32 Å². The number of carboxylic acid groups (broad SMARTS) is 1. The highest BCUT2D eigenvalue weighted by molar-refractivity contribution is 5.83. The molecule has 8 heteroatoms. The van der Waals surface area contributed by atoms with Gasteiger partial charge in [-0.1, -0.05) is 0 Å². The molecule has 2 amide bonds. The molecule has 0 aromatic carbocycles. The van der Waals surface area contributed by atoms with Crippen LogP contribution >= 0.6 is 0 Å². The van der Waals surface area contributed by atoms with E-state index in [9.17, 15) is 23.5 Å². The van der Waals surface area contributed by atoms with Gasteiger partial charge in [-0.25, -0.2) is 18.4 Å². The number of aliphatic hydroxyl groups excluding tert-OH is 1. The number of halogens is 2. The second-order valence-electron chi connectivity index (χ2n) is 3.47. The molecule has 1 saturated heterocycles. The van der Waals surface area contributed by atoms with Gasteiger partial charge in [0, 0.05) is 13.0 Å². The second-order valence-corrected chi connectivity index (χ2v) is 3.47. The van der Waals surface area contributed by atoms with Crippen LogP contribution in [0.5, 0.6) is 0 Å². The van der Waals surface area contributed by atoms with Crippen LogP contribution in [0.2, 0.25) is 0 Å². The first-order chi connectivity index (χ1) is 7.41. The van der Waals surface area contributed by atoms with Gasteiger partial charge in [0.2, 0.25) is 0 Å². The number of aliphatic carboxylic acids is 1. The summed E-state index contributed by atoms with van der Waals surface area (Å²) in [6.07, 6.45) is -3.71. The molecule has 2 atom stereocenters. The van der Waals surface area contributed by atoms with Crippen molar-refractivity contribution in [3.05, 3.63) is 0 Å². The maximum absolute atomic E-state index is 11.8. The molecular formula is C8H12F2N2O4. The molecule has 1 fully saturated rings. The van der Waals surface area contributed by atoms with Gasteiger partial charge < -0.3 is 20.4 Å². The minimum Gasteiger partial charge on any atom is -0.480 e. The Labute approximate surface area is 89.8 Å². The van der Waals surface area contributed by atoms with E-state index in [1.165, 1.54) is 0 Å². The van der Waals surface area contributed by atoms with Gasteiger partial charge in [-0.05, 0) is 0 Å². The Morgan fingerprint density at radius 2 is 2.12 bits per heavy atom. The van der Waals surface area contributed by atoms with Crippen LogP contribution in [0.15, 0.2) is 0 Å². The quantitative estimate of drug-likeness (QED) is 0.617. The molecule has 0 saturated carbocycles. The number of rotatable bonds is 3. The van der Waals surface area contributed by atoms with Crippen LogP contribution in [-0.2, 0) is 4.79 Å². The molecule has 16 heavy (non-hydrogen) atoms. The number of carbonyl (C=O) groups is 2. The second kappa shape index (κ2) is 5.06. The first-order valence-electron chi connectivity index (χ1n) is 4.65. The summed E-state index contributed by atoms with van der Waals surface area (Å²) in [6.45, 7) is -0.996. The number of β-amino-alcohol motifs (C(OH)–C–C–N with tert-alkyl or cyclic N) is 1. The van der Waals surface area contributed by atoms with Crippen LogP contribution in [0.25, 0.3) is 0 Å². The largest absolute Gasteiger partial charge is 0.480 e. The number of nitrogens with zero attached hydrogens (tertiary/aromatic N) is 1. The lowest BCUT2D eigenvalue weighted by Crippen LogP contribution is -2.47. The molecule has 0 aromatic rings. The van der Waals surface area contributed by atoms with Gasteiger partial charge >= 0.3 is 12.0 Å². The summed E-state index contributed by atoms with van der Waals surface area (Å²) < 4.78 is 23.6. The molecule has 0 bridgehead atoms. The van der Waals surface area contributed by atoms with E-state index in [4.69, 9.17) is 5.11 Å². The molecule has 1 aliphatic heterocycles. The number of hydrogen-bond donors (Lipinski definition) is 3. The SMILES string of the molecule is O=C(O)C1CC(O)CN1C(=O)NCC(F)F. The molecular weight excluding hydrogens is 226 g/mol. The van der Waals surface area contributed by atoms with E-state index in [-0.39, 0.29) is 13.0 Å². The molecule has 0 radical (unpaired) electrons. The summed E-state index contributed by atoms with van der Waals surface area (Å²) in [5.74, 6) is -1.26. The lowest BCUT2D eigenvalue weighted by atomic mass is 10.2. The predicted octanol–water partition coefficient (Wildman–Crippen LogP) is -0.519. The van der Waals surface area contributed by atoms with Gasteiger partial charge in [0.25, 0.3) is 6.43 Å². The van der Waals surface area contributed by atoms with Gasteiger partial charge in [-0.3, -0.25) is 0 Å². The molecule has 0 aromatic heterocycles. The van der Waals surface area contributed by atoms with Crippen molar-refractivity contribution >= 4 is 12.0 Å². The number of amides is 2. The smallest absolute Gasteiger partial charge is 0.326 e. The Balaban J connectivity index is 2.56. The topological polar surface area (TPSA) is 89.9 Å². The molecule has 1 rings (SSSR count). The number of carboxylic acids is 1. The Morgan fingerprint density at radius 3 is 2.62 bits per heavy atom. The predicted molar refractivity (Wildman–Crippen MR) is 48.2 cm³/mol. The van der Waals surface area contributed by atoms with Gasteiger partial charge in [0.1, 0.15) is 6.04 Å². The maximum atomic E-state index is 11.8. The van der Waals surface area contributed by atoms with Crippen molar-refractivity contribution in [3.63, 3.8) is 0 Å². The first kappa shape index (κ1) is 12.6. The standard InChI is InChI=1S/C8H12F2N2O4/c9-6(10)2-11-8(16)12-3-4(13)1-5(12)7(14)15/h4-6,13H,1-3H2,(H,11,16)(H,14,15). The normalized spacial score (nSPS) is 24.9. The van der Waals surface area contributed by atoms with E-state index in [0.29, 0.717) is 0 Å². The van der Waals surface area contributed by atoms with E-state index in [0.717, 1.165) is 4.90 Å². The number of urea groups is 1. The number of hydrogen-bond acceptors (Lipinski definition) is 3. The van der Waals surface area contributed by atoms with Crippen molar-refractivity contribution in [2.75, 3.05) is 13.1 Å². The lowest BCUT2D eigenvalue weighted by molar-refractivity contribution is -0.141. The van der Waals surface area contributed by atoms with Crippen molar-refractivity contribution in [1.29, 1.82) is 0 Å². The van der Waals surface area contributed by atoms with Gasteiger partial charge in [0.05, 0.1) is 12.6 Å². The zero-order chi connectivity index (χ0) is 12.3. The summed E-state index contributed by atoms with van der Waals surface area (Å²) in [7, 11) is 0. The Bertz CT molecular complexity index is 287. The highest BCUT2D eigenvalue weighted by Crippen LogP contribution is 2.18. The summed E-state index contributed by atoms with van der Waals surface area (Å²) in [4.78, 5) is 22.9. The third-order valence-corrected chi connectivity index (χ3v) is 2.23. The first-order valence-corrected chi connectivity index (χ1v) is 4.65. The summed E-state index contributed by atoms with van der Waals surface area (Å²) in [6, 6.07) is -2.06. The minimum atomic E-state index is -2.69. The van der Waals surface area contributed by atoms with Crippen molar-refractivity contribution in [2.45, 2.75) is 25.0 Å². The number of alkyl halides is 2. The lowest BCUT2D eigenvalue weighted by Gasteiger charge is -2.21. The maximum Gasteiger partial charge on any atom is 0.326 e. The van der Waals surface area contributed by atoms with Crippen LogP contribution in [0.3, 0.4) is 0 Å². The molecule has 6 nitrogen and oxygen atoms in total. The third kappa shape index (κ3) is 3.02. The summed E-state index contributed by atoms with van der Waals surface area (Å²) in [5.41, 5.74) is 0. The Hall–Kier alpha value is -1.44. The average molecular weight is 238 g/mol. The molecule has 0 aliphatic carbocycles. The van der Waals surface area contributed by atoms with E-state index < -0.39 is 37.1 Å². The van der Waals surface area contributed by atoms with E-state index in [2.05, 4.69) is 0 Å². The van der Waals surface area contributed by atoms with Gasteiger partial charge in [-0.2, -0.15) is 0 Å². The average Bonchev–Trinajstić information content (AvgIpc) is 2.56. The zero-order valence-electron chi connectivity index (χ0n) is 8.27. The highest BCUT2D eigenvalue weighted by Gasteiger charge is 2.38. The van der Waals surface area contributed by atoms with E-state index in [1.807, 2.05) is 5.32 Å². The van der Waals surface area contributed by atoms with Crippen LogP contribution in [0.4, 0.5) is 13.6 Å². The third-order valence-electron chi connectivity index (χ3n) is 2.23. The Kier molecular flexibility index (Phi) is 3.99. The van der Waals surface area contributed by atoms with Crippen molar-refractivity contribution in [1.82, 2.24) is 10.2 Å². The molecule has 92 valence electrons. The Morgan fingerprint density at radius 1 is 1.50 bits per heavy atom. The van der Waals surface area contributed by atoms with Gasteiger partial charge in [-0.15, -0.1) is 0 Å². The van der Waals surface area contributed by atoms with Crippen molar-refractivity contribution in [2.24, 2.45) is 0 Å². The molecule has 1 heterocycles. The number of carbonyl (C=O) groups excluding carboxylic acids is 1. The van der Waals surface area contributed by atoms with E-state index >= 15 is 0 Å². The zero-order valence-corrected chi connectivity index (χ0v) is 8.27. The van der Waals surface area contributed by atoms with Crippen molar-refractivity contribution < 1.29 is 28.6 Å². The minimum absolute atomic E-state index is 0.0859.